The van der Waals surface area contributed by atoms with Crippen molar-refractivity contribution in [2.45, 2.75) is 6.92 Å². The van der Waals surface area contributed by atoms with Crippen LogP contribution in [0.1, 0.15) is 5.56 Å². The Labute approximate surface area is 80.5 Å². The van der Waals surface area contributed by atoms with Crippen LogP contribution in [0.3, 0.4) is 0 Å². The molecule has 0 heterocycles. The molecule has 4 heteroatoms. The molecule has 0 aliphatic rings. The van der Waals surface area contributed by atoms with Gasteiger partial charge in [0.25, 0.3) is 0 Å². The third-order valence-electron chi connectivity index (χ3n) is 1.42. The summed E-state index contributed by atoms with van der Waals surface area (Å²) in [7, 11) is 0. The second kappa shape index (κ2) is 3.83. The van der Waals surface area contributed by atoms with Crippen LogP contribution in [0.25, 0.3) is 0 Å². The number of halogens is 2. The first-order valence-corrected chi connectivity index (χ1v) is 4.11. The van der Waals surface area contributed by atoms with E-state index in [0.29, 0.717) is 0 Å². The molecule has 0 spiro atoms. The van der Waals surface area contributed by atoms with E-state index in [9.17, 15) is 4.39 Å². The zero-order chi connectivity index (χ0) is 9.14. The van der Waals surface area contributed by atoms with Crippen molar-refractivity contribution in [3.8, 4) is 0 Å². The largest absolute Gasteiger partial charge is 0.337 e. The molecule has 1 nitrogen and oxygen atoms in total. The Kier molecular flexibility index (Phi) is 3.00. The molecule has 12 heavy (non-hydrogen) atoms. The van der Waals surface area contributed by atoms with E-state index in [4.69, 9.17) is 11.6 Å². The number of hydrogen-bond donors (Lipinski definition) is 1. The number of aryl methyl sites for hydroxylation is 1. The lowest BCUT2D eigenvalue weighted by atomic mass is 10.2. The van der Waals surface area contributed by atoms with Crippen LogP contribution < -0.4 is 5.32 Å². The van der Waals surface area contributed by atoms with Gasteiger partial charge >= 0.3 is 0 Å². The minimum absolute atomic E-state index is 0.157. The Hall–Kier alpha value is -0.670. The first-order valence-electron chi connectivity index (χ1n) is 3.32. The van der Waals surface area contributed by atoms with E-state index >= 15 is 0 Å². The Morgan fingerprint density at radius 3 is 2.75 bits per heavy atom. The minimum atomic E-state index is -0.265. The van der Waals surface area contributed by atoms with Gasteiger partial charge in [-0.25, -0.2) is 4.39 Å². The molecule has 0 saturated carbocycles. The molecule has 1 N–H and O–H groups in total. The van der Waals surface area contributed by atoms with Gasteiger partial charge in [-0.1, -0.05) is 11.6 Å². The van der Waals surface area contributed by atoms with Crippen LogP contribution in [0.4, 0.5) is 10.1 Å². The molecule has 0 saturated heterocycles. The van der Waals surface area contributed by atoms with E-state index in [2.05, 4.69) is 17.5 Å². The molecule has 64 valence electrons. The van der Waals surface area contributed by atoms with Gasteiger partial charge in [0.05, 0.1) is 0 Å². The van der Waals surface area contributed by atoms with Crippen molar-refractivity contribution in [2.24, 2.45) is 0 Å². The predicted molar refractivity (Wildman–Crippen MR) is 53.2 cm³/mol. The molecule has 1 aromatic rings. The summed E-state index contributed by atoms with van der Waals surface area (Å²) < 4.78 is 12.7. The highest BCUT2D eigenvalue weighted by Crippen LogP contribution is 2.15. The van der Waals surface area contributed by atoms with Crippen LogP contribution >= 0.6 is 23.8 Å². The van der Waals surface area contributed by atoms with E-state index in [-0.39, 0.29) is 10.3 Å². The van der Waals surface area contributed by atoms with Gasteiger partial charge in [-0.2, -0.15) is 0 Å². The maximum Gasteiger partial charge on any atom is 0.171 e. The fraction of sp³-hybridized carbons (Fsp3) is 0.125. The van der Waals surface area contributed by atoms with E-state index in [1.54, 1.807) is 13.0 Å². The van der Waals surface area contributed by atoms with Crippen molar-refractivity contribution in [3.05, 3.63) is 29.6 Å². The first kappa shape index (κ1) is 9.42. The number of anilines is 1. The lowest BCUT2D eigenvalue weighted by Gasteiger charge is -2.05. The number of nitrogens with one attached hydrogen (secondary N) is 1. The van der Waals surface area contributed by atoms with Crippen molar-refractivity contribution in [1.82, 2.24) is 0 Å². The monoisotopic (exact) mass is 203 g/mol. The summed E-state index contributed by atoms with van der Waals surface area (Å²) in [4.78, 5) is 0. The molecule has 0 bridgehead atoms. The van der Waals surface area contributed by atoms with Crippen LogP contribution in [-0.2, 0) is 0 Å². The van der Waals surface area contributed by atoms with Crippen molar-refractivity contribution in [2.75, 3.05) is 5.32 Å². The lowest BCUT2D eigenvalue weighted by Crippen LogP contribution is -2.02. The highest BCUT2D eigenvalue weighted by molar-refractivity contribution is 7.83. The van der Waals surface area contributed by atoms with Crippen molar-refractivity contribution >= 4 is 34.0 Å². The molecule has 1 aromatic carbocycles. The molecule has 0 radical (unpaired) electrons. The molecular formula is C8H7ClFNS. The SMILES string of the molecule is Cc1cc(F)ccc1NC(=S)Cl. The molecule has 0 aromatic heterocycles. The van der Waals surface area contributed by atoms with Gasteiger partial charge in [0.1, 0.15) is 5.82 Å². The molecule has 0 fully saturated rings. The summed E-state index contributed by atoms with van der Waals surface area (Å²) in [5, 5.41) is 2.73. The second-order valence-corrected chi connectivity index (χ2v) is 3.37. The third kappa shape index (κ3) is 2.43. The van der Waals surface area contributed by atoms with Crippen molar-refractivity contribution in [1.29, 1.82) is 0 Å². The summed E-state index contributed by atoms with van der Waals surface area (Å²) in [5.74, 6) is -0.265. The van der Waals surface area contributed by atoms with Crippen molar-refractivity contribution in [3.63, 3.8) is 0 Å². The highest BCUT2D eigenvalue weighted by Gasteiger charge is 1.99. The number of thiocarbonyl (C=S) groups is 1. The predicted octanol–water partition coefficient (Wildman–Crippen LogP) is 3.07. The first-order chi connectivity index (χ1) is 5.59. The van der Waals surface area contributed by atoms with Gasteiger partial charge in [0, 0.05) is 5.69 Å². The average Bonchev–Trinajstić information content (AvgIpc) is 1.94. The van der Waals surface area contributed by atoms with Gasteiger partial charge in [-0.3, -0.25) is 0 Å². The second-order valence-electron chi connectivity index (χ2n) is 2.36. The fourth-order valence-electron chi connectivity index (χ4n) is 0.873. The number of hydrogen-bond acceptors (Lipinski definition) is 1. The summed E-state index contributed by atoms with van der Waals surface area (Å²) in [6, 6.07) is 4.36. The molecule has 0 atom stereocenters. The van der Waals surface area contributed by atoms with E-state index in [1.807, 2.05) is 0 Å². The molecule has 0 amide bonds. The van der Waals surface area contributed by atoms with E-state index in [0.717, 1.165) is 11.3 Å². The quantitative estimate of drug-likeness (QED) is 0.428. The van der Waals surface area contributed by atoms with E-state index < -0.39 is 0 Å². The standard InChI is InChI=1S/C8H7ClFNS/c1-5-4-6(10)2-3-7(5)11-8(9)12/h2-4H,1H3,(H,11,12). The topological polar surface area (TPSA) is 12.0 Å². The Bertz CT molecular complexity index is 314. The van der Waals surface area contributed by atoms with Gasteiger partial charge < -0.3 is 5.32 Å². The van der Waals surface area contributed by atoms with Crippen LogP contribution in [0.2, 0.25) is 0 Å². The number of benzene rings is 1. The Morgan fingerprint density at radius 1 is 1.58 bits per heavy atom. The third-order valence-corrected chi connectivity index (χ3v) is 1.62. The lowest BCUT2D eigenvalue weighted by molar-refractivity contribution is 0.627. The van der Waals surface area contributed by atoms with Gasteiger partial charge in [-0.15, -0.1) is 0 Å². The maximum absolute atomic E-state index is 12.6. The maximum atomic E-state index is 12.6. The zero-order valence-corrected chi connectivity index (χ0v) is 7.97. The van der Waals surface area contributed by atoms with Crippen LogP contribution in [-0.4, -0.2) is 4.45 Å². The summed E-state index contributed by atoms with van der Waals surface area (Å²) >= 11 is 10.1. The molecule has 0 aliphatic carbocycles. The van der Waals surface area contributed by atoms with Gasteiger partial charge in [-0.05, 0) is 42.9 Å². The molecule has 1 rings (SSSR count). The Morgan fingerprint density at radius 2 is 2.25 bits per heavy atom. The molecule has 0 aliphatic heterocycles. The molecular weight excluding hydrogens is 197 g/mol. The normalized spacial score (nSPS) is 9.58. The minimum Gasteiger partial charge on any atom is -0.337 e. The van der Waals surface area contributed by atoms with Gasteiger partial charge in [0.2, 0.25) is 0 Å². The highest BCUT2D eigenvalue weighted by atomic mass is 35.5. The summed E-state index contributed by atoms with van der Waals surface area (Å²) in [6.07, 6.45) is 0. The zero-order valence-electron chi connectivity index (χ0n) is 6.40. The van der Waals surface area contributed by atoms with Crippen LogP contribution in [0.5, 0.6) is 0 Å². The number of rotatable bonds is 1. The fourth-order valence-corrected chi connectivity index (χ4v) is 1.08. The summed E-state index contributed by atoms with van der Waals surface area (Å²) in [5.41, 5.74) is 1.51. The smallest absolute Gasteiger partial charge is 0.171 e. The van der Waals surface area contributed by atoms with Crippen LogP contribution in [0.15, 0.2) is 18.2 Å². The van der Waals surface area contributed by atoms with Gasteiger partial charge in [0.15, 0.2) is 4.45 Å². The Balaban J connectivity index is 2.93. The average molecular weight is 204 g/mol. The summed E-state index contributed by atoms with van der Waals surface area (Å²) in [6.45, 7) is 1.78. The molecule has 0 unspecified atom stereocenters. The van der Waals surface area contributed by atoms with Crippen LogP contribution in [0, 0.1) is 12.7 Å². The van der Waals surface area contributed by atoms with E-state index in [1.165, 1.54) is 12.1 Å². The van der Waals surface area contributed by atoms with Crippen molar-refractivity contribution < 1.29 is 4.39 Å².